The number of hydrogen-bond acceptors (Lipinski definition) is 3. The number of rotatable bonds is 8. The molecule has 0 saturated carbocycles. The largest absolute Gasteiger partial charge is 0.479 e. The van der Waals surface area contributed by atoms with Crippen molar-refractivity contribution >= 4 is 5.97 Å². The van der Waals surface area contributed by atoms with Gasteiger partial charge in [-0.25, -0.2) is 4.79 Å². The van der Waals surface area contributed by atoms with Gasteiger partial charge in [0.2, 0.25) is 0 Å². The van der Waals surface area contributed by atoms with E-state index in [9.17, 15) is 9.90 Å². The summed E-state index contributed by atoms with van der Waals surface area (Å²) in [6.45, 7) is 4.00. The van der Waals surface area contributed by atoms with E-state index in [1.165, 1.54) is 0 Å². The van der Waals surface area contributed by atoms with Crippen molar-refractivity contribution in [3.05, 3.63) is 90.3 Å². The Bertz CT molecular complexity index is 877. The van der Waals surface area contributed by atoms with Gasteiger partial charge in [-0.15, -0.1) is 0 Å². The van der Waals surface area contributed by atoms with Crippen LogP contribution in [0.4, 0.5) is 0 Å². The number of carboxylic acids is 1. The molecule has 0 aliphatic heterocycles. The second-order valence-corrected chi connectivity index (χ2v) is 7.25. The highest BCUT2D eigenvalue weighted by Gasteiger charge is 2.26. The molecule has 4 heteroatoms. The third kappa shape index (κ3) is 5.05. The van der Waals surface area contributed by atoms with Gasteiger partial charge in [0.05, 0.1) is 0 Å². The molecule has 1 unspecified atom stereocenters. The number of ether oxygens (including phenoxy) is 1. The van der Waals surface area contributed by atoms with E-state index >= 15 is 0 Å². The number of aliphatic carboxylic acids is 1. The smallest absolute Gasteiger partial charge is 0.332 e. The second kappa shape index (κ2) is 9.29. The van der Waals surface area contributed by atoms with Crippen LogP contribution in [0.15, 0.2) is 79.1 Å². The maximum absolute atomic E-state index is 11.7. The summed E-state index contributed by atoms with van der Waals surface area (Å²) < 4.78 is 6.13. The maximum Gasteiger partial charge on any atom is 0.332 e. The third-order valence-electron chi connectivity index (χ3n) is 4.57. The highest BCUT2D eigenvalue weighted by atomic mass is 16.5. The molecule has 0 saturated heterocycles. The first-order valence-corrected chi connectivity index (χ1v) is 9.48. The summed E-state index contributed by atoms with van der Waals surface area (Å²) in [5.74, 6) is -0.702. The summed E-state index contributed by atoms with van der Waals surface area (Å²) >= 11 is 0. The molecule has 4 nitrogen and oxygen atoms in total. The molecular formula is C24H25NO3. The molecule has 0 amide bonds. The first kappa shape index (κ1) is 19.8. The van der Waals surface area contributed by atoms with Gasteiger partial charge >= 0.3 is 5.97 Å². The fourth-order valence-corrected chi connectivity index (χ4v) is 3.17. The normalized spacial score (nSPS) is 13.2. The standard InChI is InChI=1S/C24H25NO3/c1-17(2)15-22(24(26)27)28-23(19-7-4-3-5-8-19)20-12-10-18(11-13-20)21-9-6-14-25-16-21/h3-14,16-17,22-23H,15H2,1-2H3,(H,26,27)/t22-,23?/m0/s1. The number of carbonyl (C=O) groups is 1. The topological polar surface area (TPSA) is 59.4 Å². The van der Waals surface area contributed by atoms with Crippen molar-refractivity contribution in [1.29, 1.82) is 0 Å². The van der Waals surface area contributed by atoms with Crippen LogP contribution in [0.25, 0.3) is 11.1 Å². The molecule has 1 aromatic heterocycles. The predicted octanol–water partition coefficient (Wildman–Crippen LogP) is 5.35. The van der Waals surface area contributed by atoms with Crippen LogP contribution in [-0.4, -0.2) is 22.2 Å². The second-order valence-electron chi connectivity index (χ2n) is 7.25. The molecule has 144 valence electrons. The van der Waals surface area contributed by atoms with Crippen molar-refractivity contribution in [2.24, 2.45) is 5.92 Å². The van der Waals surface area contributed by atoms with Crippen LogP contribution in [0.5, 0.6) is 0 Å². The number of nitrogens with zero attached hydrogens (tertiary/aromatic N) is 1. The van der Waals surface area contributed by atoms with Crippen molar-refractivity contribution in [2.75, 3.05) is 0 Å². The first-order valence-electron chi connectivity index (χ1n) is 9.48. The van der Waals surface area contributed by atoms with Crippen LogP contribution in [-0.2, 0) is 9.53 Å². The third-order valence-corrected chi connectivity index (χ3v) is 4.57. The van der Waals surface area contributed by atoms with Gasteiger partial charge in [0.25, 0.3) is 0 Å². The SMILES string of the molecule is CC(C)C[C@H](OC(c1ccccc1)c1ccc(-c2cccnc2)cc1)C(=O)O. The number of benzene rings is 2. The molecule has 0 fully saturated rings. The Morgan fingerprint density at radius 1 is 0.929 bits per heavy atom. The van der Waals surface area contributed by atoms with E-state index in [0.717, 1.165) is 22.3 Å². The summed E-state index contributed by atoms with van der Waals surface area (Å²) in [7, 11) is 0. The molecule has 0 aliphatic carbocycles. The maximum atomic E-state index is 11.7. The Hall–Kier alpha value is -2.98. The van der Waals surface area contributed by atoms with E-state index < -0.39 is 18.2 Å². The van der Waals surface area contributed by atoms with Gasteiger partial charge < -0.3 is 9.84 Å². The van der Waals surface area contributed by atoms with Crippen LogP contribution in [0.2, 0.25) is 0 Å². The molecular weight excluding hydrogens is 350 g/mol. The van der Waals surface area contributed by atoms with Crippen LogP contribution in [0, 0.1) is 5.92 Å². The summed E-state index contributed by atoms with van der Waals surface area (Å²) in [6, 6.07) is 21.7. The molecule has 2 atom stereocenters. The van der Waals surface area contributed by atoms with E-state index in [2.05, 4.69) is 4.98 Å². The number of hydrogen-bond donors (Lipinski definition) is 1. The lowest BCUT2D eigenvalue weighted by atomic mass is 9.97. The van der Waals surface area contributed by atoms with Crippen LogP contribution in [0.3, 0.4) is 0 Å². The average molecular weight is 375 g/mol. The highest BCUT2D eigenvalue weighted by molar-refractivity contribution is 5.72. The summed E-state index contributed by atoms with van der Waals surface area (Å²) in [5, 5.41) is 9.63. The van der Waals surface area contributed by atoms with Crippen molar-refractivity contribution in [2.45, 2.75) is 32.5 Å². The molecule has 1 heterocycles. The molecule has 0 aliphatic rings. The van der Waals surface area contributed by atoms with E-state index in [0.29, 0.717) is 6.42 Å². The van der Waals surface area contributed by atoms with Crippen molar-refractivity contribution in [3.63, 3.8) is 0 Å². The van der Waals surface area contributed by atoms with E-state index in [4.69, 9.17) is 4.74 Å². The van der Waals surface area contributed by atoms with E-state index in [-0.39, 0.29) is 5.92 Å². The zero-order valence-corrected chi connectivity index (χ0v) is 16.2. The highest BCUT2D eigenvalue weighted by Crippen LogP contribution is 2.30. The first-order chi connectivity index (χ1) is 13.5. The Kier molecular flexibility index (Phi) is 6.56. The molecule has 0 radical (unpaired) electrons. The Morgan fingerprint density at radius 3 is 2.18 bits per heavy atom. The minimum atomic E-state index is -0.929. The fourth-order valence-electron chi connectivity index (χ4n) is 3.17. The minimum absolute atomic E-state index is 0.227. The van der Waals surface area contributed by atoms with Gasteiger partial charge in [0.15, 0.2) is 6.10 Å². The summed E-state index contributed by atoms with van der Waals surface area (Å²) in [5.41, 5.74) is 3.95. The van der Waals surface area contributed by atoms with E-state index in [1.807, 2.05) is 86.8 Å². The Morgan fingerprint density at radius 2 is 1.61 bits per heavy atom. The van der Waals surface area contributed by atoms with Gasteiger partial charge in [-0.1, -0.05) is 74.5 Å². The lowest BCUT2D eigenvalue weighted by Crippen LogP contribution is -2.28. The predicted molar refractivity (Wildman–Crippen MR) is 110 cm³/mol. The summed E-state index contributed by atoms with van der Waals surface area (Å²) in [6.07, 6.45) is 2.74. The van der Waals surface area contributed by atoms with Gasteiger partial charge in [-0.2, -0.15) is 0 Å². The monoisotopic (exact) mass is 375 g/mol. The lowest BCUT2D eigenvalue weighted by Gasteiger charge is -2.24. The Balaban J connectivity index is 1.92. The van der Waals surface area contributed by atoms with Crippen LogP contribution in [0.1, 0.15) is 37.5 Å². The van der Waals surface area contributed by atoms with Crippen LogP contribution >= 0.6 is 0 Å². The number of carboxylic acid groups (broad SMARTS) is 1. The Labute approximate surface area is 165 Å². The molecule has 0 spiro atoms. The molecule has 2 aromatic carbocycles. The van der Waals surface area contributed by atoms with Gasteiger partial charge in [0.1, 0.15) is 6.10 Å². The van der Waals surface area contributed by atoms with Crippen molar-refractivity contribution in [3.8, 4) is 11.1 Å². The van der Waals surface area contributed by atoms with E-state index in [1.54, 1.807) is 6.20 Å². The molecule has 3 aromatic rings. The van der Waals surface area contributed by atoms with Crippen molar-refractivity contribution < 1.29 is 14.6 Å². The average Bonchev–Trinajstić information content (AvgIpc) is 2.72. The van der Waals surface area contributed by atoms with Gasteiger partial charge in [-0.05, 0) is 40.7 Å². The lowest BCUT2D eigenvalue weighted by molar-refractivity contribution is -0.154. The zero-order chi connectivity index (χ0) is 19.9. The molecule has 28 heavy (non-hydrogen) atoms. The molecule has 1 N–H and O–H groups in total. The number of pyridine rings is 1. The molecule has 3 rings (SSSR count). The van der Waals surface area contributed by atoms with Gasteiger partial charge in [0, 0.05) is 12.4 Å². The quantitative estimate of drug-likeness (QED) is 0.576. The summed E-state index contributed by atoms with van der Waals surface area (Å²) in [4.78, 5) is 15.9. The fraction of sp³-hybridized carbons (Fsp3) is 0.250. The van der Waals surface area contributed by atoms with Crippen molar-refractivity contribution in [1.82, 2.24) is 4.98 Å². The van der Waals surface area contributed by atoms with Crippen LogP contribution < -0.4 is 0 Å². The van der Waals surface area contributed by atoms with Gasteiger partial charge in [-0.3, -0.25) is 4.98 Å². The number of aromatic nitrogens is 1. The minimum Gasteiger partial charge on any atom is -0.479 e. The zero-order valence-electron chi connectivity index (χ0n) is 16.2. The molecule has 0 bridgehead atoms.